The number of nitrogens with one attached hydrogen (secondary N) is 1. The van der Waals surface area contributed by atoms with E-state index in [2.05, 4.69) is 5.32 Å². The Morgan fingerprint density at radius 2 is 2.05 bits per heavy atom. The Balaban J connectivity index is 2.11. The molecule has 2 N–H and O–H groups in total. The highest BCUT2D eigenvalue weighted by Crippen LogP contribution is 2.41. The molecule has 2 rings (SSSR count). The standard InChI is InChI=1S/C14H17NO4/c1-19-12(16)10-5-2-3-6-11(10)15-9-14(13(17)18)7-4-8-14/h2-3,5-6,15H,4,7-9H2,1H3,(H,17,18). The summed E-state index contributed by atoms with van der Waals surface area (Å²) in [5.74, 6) is -1.21. The Kier molecular flexibility index (Phi) is 3.74. The van der Waals surface area contributed by atoms with Crippen molar-refractivity contribution in [1.29, 1.82) is 0 Å². The van der Waals surface area contributed by atoms with Crippen LogP contribution in [0.15, 0.2) is 24.3 Å². The molecule has 1 fully saturated rings. The van der Waals surface area contributed by atoms with Gasteiger partial charge in [-0.2, -0.15) is 0 Å². The summed E-state index contributed by atoms with van der Waals surface area (Å²) >= 11 is 0. The molecule has 1 aliphatic carbocycles. The summed E-state index contributed by atoms with van der Waals surface area (Å²) in [5.41, 5.74) is 0.343. The second kappa shape index (κ2) is 5.30. The highest BCUT2D eigenvalue weighted by Gasteiger charge is 2.44. The molecule has 0 amide bonds. The number of para-hydroxylation sites is 1. The van der Waals surface area contributed by atoms with Gasteiger partial charge in [0.1, 0.15) is 0 Å². The smallest absolute Gasteiger partial charge is 0.339 e. The van der Waals surface area contributed by atoms with Gasteiger partial charge in [-0.1, -0.05) is 18.6 Å². The molecule has 0 saturated heterocycles. The molecule has 0 heterocycles. The first kappa shape index (κ1) is 13.4. The summed E-state index contributed by atoms with van der Waals surface area (Å²) in [6, 6.07) is 6.94. The van der Waals surface area contributed by atoms with Crippen molar-refractivity contribution < 1.29 is 19.4 Å². The molecule has 5 heteroatoms. The van der Waals surface area contributed by atoms with Crippen molar-refractivity contribution in [3.63, 3.8) is 0 Å². The third-order valence-corrected chi connectivity index (χ3v) is 3.71. The number of carbonyl (C=O) groups excluding carboxylic acids is 1. The lowest BCUT2D eigenvalue weighted by atomic mass is 9.69. The molecule has 0 radical (unpaired) electrons. The van der Waals surface area contributed by atoms with E-state index in [1.165, 1.54) is 7.11 Å². The maximum atomic E-state index is 11.6. The number of ether oxygens (including phenoxy) is 1. The van der Waals surface area contributed by atoms with Crippen molar-refractivity contribution in [2.45, 2.75) is 19.3 Å². The number of carbonyl (C=O) groups is 2. The zero-order valence-electron chi connectivity index (χ0n) is 10.8. The van der Waals surface area contributed by atoms with Gasteiger partial charge in [0.05, 0.1) is 18.1 Å². The van der Waals surface area contributed by atoms with Crippen molar-refractivity contribution >= 4 is 17.6 Å². The monoisotopic (exact) mass is 263 g/mol. The maximum absolute atomic E-state index is 11.6. The fourth-order valence-corrected chi connectivity index (χ4v) is 2.26. The van der Waals surface area contributed by atoms with Crippen LogP contribution in [0.3, 0.4) is 0 Å². The quantitative estimate of drug-likeness (QED) is 0.796. The molecule has 0 aromatic heterocycles. The molecule has 0 atom stereocenters. The van der Waals surface area contributed by atoms with E-state index in [0.717, 1.165) is 6.42 Å². The van der Waals surface area contributed by atoms with Crippen molar-refractivity contribution in [1.82, 2.24) is 0 Å². The van der Waals surface area contributed by atoms with Gasteiger partial charge in [0.2, 0.25) is 0 Å². The number of hydrogen-bond donors (Lipinski definition) is 2. The van der Waals surface area contributed by atoms with Crippen molar-refractivity contribution in [2.24, 2.45) is 5.41 Å². The molecule has 1 saturated carbocycles. The molecule has 0 bridgehead atoms. The van der Waals surface area contributed by atoms with Crippen molar-refractivity contribution in [3.8, 4) is 0 Å². The van der Waals surface area contributed by atoms with Crippen LogP contribution < -0.4 is 5.32 Å². The summed E-state index contributed by atoms with van der Waals surface area (Å²) in [5, 5.41) is 12.3. The minimum absolute atomic E-state index is 0.330. The number of methoxy groups -OCH3 is 1. The highest BCUT2D eigenvalue weighted by atomic mass is 16.5. The van der Waals surface area contributed by atoms with Gasteiger partial charge in [0.15, 0.2) is 0 Å². The Bertz CT molecular complexity index is 494. The lowest BCUT2D eigenvalue weighted by Crippen LogP contribution is -2.43. The largest absolute Gasteiger partial charge is 0.481 e. The third-order valence-electron chi connectivity index (χ3n) is 3.71. The molecule has 1 aliphatic rings. The van der Waals surface area contributed by atoms with Crippen LogP contribution in [-0.4, -0.2) is 30.7 Å². The van der Waals surface area contributed by atoms with Gasteiger partial charge in [-0.25, -0.2) is 4.79 Å². The first-order valence-corrected chi connectivity index (χ1v) is 6.24. The first-order valence-electron chi connectivity index (χ1n) is 6.24. The minimum Gasteiger partial charge on any atom is -0.481 e. The summed E-state index contributed by atoms with van der Waals surface area (Å²) in [7, 11) is 1.32. The third kappa shape index (κ3) is 2.54. The molecule has 19 heavy (non-hydrogen) atoms. The molecule has 5 nitrogen and oxygen atoms in total. The minimum atomic E-state index is -0.776. The zero-order chi connectivity index (χ0) is 13.9. The van der Waals surface area contributed by atoms with E-state index in [0.29, 0.717) is 30.6 Å². The molecule has 0 aliphatic heterocycles. The van der Waals surface area contributed by atoms with Crippen LogP contribution >= 0.6 is 0 Å². The number of rotatable bonds is 5. The summed E-state index contributed by atoms with van der Waals surface area (Å²) < 4.78 is 4.70. The Morgan fingerprint density at radius 1 is 1.37 bits per heavy atom. The van der Waals surface area contributed by atoms with Gasteiger partial charge in [0, 0.05) is 12.2 Å². The molecular weight excluding hydrogens is 246 g/mol. The number of benzene rings is 1. The Labute approximate surface area is 111 Å². The number of esters is 1. The van der Waals surface area contributed by atoms with Gasteiger partial charge in [0.25, 0.3) is 0 Å². The van der Waals surface area contributed by atoms with E-state index in [-0.39, 0.29) is 0 Å². The van der Waals surface area contributed by atoms with E-state index >= 15 is 0 Å². The lowest BCUT2D eigenvalue weighted by molar-refractivity contribution is -0.153. The number of anilines is 1. The van der Waals surface area contributed by atoms with E-state index < -0.39 is 17.4 Å². The van der Waals surface area contributed by atoms with Crippen LogP contribution in [0.2, 0.25) is 0 Å². The van der Waals surface area contributed by atoms with Crippen LogP contribution in [0.25, 0.3) is 0 Å². The summed E-state index contributed by atoms with van der Waals surface area (Å²) in [4.78, 5) is 22.9. The number of carboxylic acid groups (broad SMARTS) is 1. The fourth-order valence-electron chi connectivity index (χ4n) is 2.26. The summed E-state index contributed by atoms with van der Waals surface area (Å²) in [6.07, 6.45) is 2.29. The van der Waals surface area contributed by atoms with E-state index in [4.69, 9.17) is 4.74 Å². The van der Waals surface area contributed by atoms with Gasteiger partial charge in [-0.05, 0) is 25.0 Å². The lowest BCUT2D eigenvalue weighted by Gasteiger charge is -2.38. The van der Waals surface area contributed by atoms with Crippen LogP contribution in [0.5, 0.6) is 0 Å². The van der Waals surface area contributed by atoms with E-state index in [9.17, 15) is 14.7 Å². The maximum Gasteiger partial charge on any atom is 0.339 e. The molecule has 0 unspecified atom stereocenters. The van der Waals surface area contributed by atoms with Crippen molar-refractivity contribution in [2.75, 3.05) is 19.0 Å². The topological polar surface area (TPSA) is 75.6 Å². The van der Waals surface area contributed by atoms with Gasteiger partial charge in [-0.3, -0.25) is 4.79 Å². The van der Waals surface area contributed by atoms with Crippen molar-refractivity contribution in [3.05, 3.63) is 29.8 Å². The average Bonchev–Trinajstić information content (AvgIpc) is 2.36. The number of carboxylic acids is 1. The number of hydrogen-bond acceptors (Lipinski definition) is 4. The van der Waals surface area contributed by atoms with Crippen LogP contribution in [0.1, 0.15) is 29.6 Å². The Hall–Kier alpha value is -2.04. The van der Waals surface area contributed by atoms with Gasteiger partial charge < -0.3 is 15.2 Å². The zero-order valence-corrected chi connectivity index (χ0v) is 10.8. The Morgan fingerprint density at radius 3 is 2.58 bits per heavy atom. The predicted molar refractivity (Wildman–Crippen MR) is 70.2 cm³/mol. The number of aliphatic carboxylic acids is 1. The van der Waals surface area contributed by atoms with E-state index in [1.807, 2.05) is 0 Å². The van der Waals surface area contributed by atoms with Gasteiger partial charge in [-0.15, -0.1) is 0 Å². The van der Waals surface area contributed by atoms with Crippen LogP contribution in [-0.2, 0) is 9.53 Å². The second-order valence-corrected chi connectivity index (χ2v) is 4.83. The van der Waals surface area contributed by atoms with E-state index in [1.54, 1.807) is 24.3 Å². The first-order chi connectivity index (χ1) is 9.09. The predicted octanol–water partition coefficient (Wildman–Crippen LogP) is 2.14. The molecule has 0 spiro atoms. The molecule has 1 aromatic rings. The molecule has 102 valence electrons. The fraction of sp³-hybridized carbons (Fsp3) is 0.429. The second-order valence-electron chi connectivity index (χ2n) is 4.83. The molecular formula is C14H17NO4. The molecule has 1 aromatic carbocycles. The highest BCUT2D eigenvalue weighted by molar-refractivity contribution is 5.95. The normalized spacial score (nSPS) is 16.3. The SMILES string of the molecule is COC(=O)c1ccccc1NCC1(C(=O)O)CCC1. The van der Waals surface area contributed by atoms with Crippen LogP contribution in [0.4, 0.5) is 5.69 Å². The summed E-state index contributed by atoms with van der Waals surface area (Å²) in [6.45, 7) is 0.330. The van der Waals surface area contributed by atoms with Gasteiger partial charge >= 0.3 is 11.9 Å². The average molecular weight is 263 g/mol. The van der Waals surface area contributed by atoms with Crippen LogP contribution in [0, 0.1) is 5.41 Å².